The Morgan fingerprint density at radius 3 is 2.08 bits per heavy atom. The van der Waals surface area contributed by atoms with Gasteiger partial charge in [0.05, 0.1) is 6.20 Å². The average molecular weight is 372 g/mol. The molecule has 7 heteroatoms. The first-order valence-corrected chi connectivity index (χ1v) is 9.97. The lowest BCUT2D eigenvalue weighted by Crippen LogP contribution is -2.03. The van der Waals surface area contributed by atoms with E-state index >= 15 is 0 Å². The molecule has 2 aromatic carbocycles. The molecule has 4 nitrogen and oxygen atoms in total. The van der Waals surface area contributed by atoms with E-state index in [1.165, 1.54) is 0 Å². The fourth-order valence-corrected chi connectivity index (χ4v) is 3.10. The molecule has 0 bridgehead atoms. The number of hydrogen-bond donors (Lipinski definition) is 2. The molecule has 25 heavy (non-hydrogen) atoms. The zero-order valence-corrected chi connectivity index (χ0v) is 15.4. The van der Waals surface area contributed by atoms with Crippen molar-refractivity contribution in [1.29, 1.82) is 0 Å². The summed E-state index contributed by atoms with van der Waals surface area (Å²) in [5.74, 6) is -0.0297. The minimum absolute atomic E-state index is 0.136. The van der Waals surface area contributed by atoms with Crippen molar-refractivity contribution in [1.82, 2.24) is 9.97 Å². The molecule has 0 radical (unpaired) electrons. The molecule has 0 saturated carbocycles. The third kappa shape index (κ3) is 4.64. The maximum atomic E-state index is 14.1. The van der Waals surface area contributed by atoms with Crippen molar-refractivity contribution >= 4 is 46.7 Å². The van der Waals surface area contributed by atoms with Crippen molar-refractivity contribution in [2.24, 2.45) is 0 Å². The lowest BCUT2D eigenvalue weighted by molar-refractivity contribution is 0.619. The van der Waals surface area contributed by atoms with Gasteiger partial charge in [-0.05, 0) is 48.9 Å². The van der Waals surface area contributed by atoms with E-state index in [0.717, 1.165) is 27.4 Å². The van der Waals surface area contributed by atoms with Crippen molar-refractivity contribution in [2.75, 3.05) is 23.1 Å². The Morgan fingerprint density at radius 1 is 0.880 bits per heavy atom. The van der Waals surface area contributed by atoms with E-state index < -0.39 is 5.82 Å². The number of halogens is 1. The van der Waals surface area contributed by atoms with E-state index in [1.807, 2.05) is 61.0 Å². The fraction of sp³-hybridized carbons (Fsp3) is 0.111. The second-order valence-corrected chi connectivity index (χ2v) is 6.86. The van der Waals surface area contributed by atoms with E-state index in [1.54, 1.807) is 23.5 Å². The summed E-state index contributed by atoms with van der Waals surface area (Å²) in [6.45, 7) is 0. The molecular formula is C18H17FN4S2. The number of hydrogen-bond acceptors (Lipinski definition) is 6. The van der Waals surface area contributed by atoms with Crippen LogP contribution in [0.4, 0.5) is 27.5 Å². The molecule has 2 N–H and O–H groups in total. The van der Waals surface area contributed by atoms with Gasteiger partial charge in [-0.3, -0.25) is 0 Å². The van der Waals surface area contributed by atoms with Crippen molar-refractivity contribution in [2.45, 2.75) is 9.79 Å². The molecule has 0 aliphatic heterocycles. The third-order valence-electron chi connectivity index (χ3n) is 3.40. The van der Waals surface area contributed by atoms with Crippen molar-refractivity contribution in [3.63, 3.8) is 0 Å². The van der Waals surface area contributed by atoms with Gasteiger partial charge in [0.1, 0.15) is 0 Å². The quantitative estimate of drug-likeness (QED) is 0.554. The van der Waals surface area contributed by atoms with E-state index in [2.05, 4.69) is 20.6 Å². The van der Waals surface area contributed by atoms with Crippen LogP contribution in [-0.4, -0.2) is 22.5 Å². The fourth-order valence-electron chi connectivity index (χ4n) is 2.18. The summed E-state index contributed by atoms with van der Waals surface area (Å²) in [5, 5.41) is 6.12. The van der Waals surface area contributed by atoms with Crippen LogP contribution < -0.4 is 10.6 Å². The number of benzene rings is 2. The van der Waals surface area contributed by atoms with Gasteiger partial charge < -0.3 is 10.6 Å². The number of nitrogens with zero attached hydrogens (tertiary/aromatic N) is 2. The first-order valence-electron chi connectivity index (χ1n) is 7.52. The second kappa shape index (κ2) is 8.22. The minimum atomic E-state index is -0.502. The van der Waals surface area contributed by atoms with Gasteiger partial charge in [-0.15, -0.1) is 23.5 Å². The Bertz CT molecular complexity index is 873. The van der Waals surface area contributed by atoms with E-state index in [0.29, 0.717) is 5.95 Å². The molecule has 1 aromatic heterocycles. The van der Waals surface area contributed by atoms with Gasteiger partial charge in [0.15, 0.2) is 11.6 Å². The van der Waals surface area contributed by atoms with Crippen LogP contribution in [0, 0.1) is 5.82 Å². The Balaban J connectivity index is 1.82. The lowest BCUT2D eigenvalue weighted by atomic mass is 10.3. The van der Waals surface area contributed by atoms with Crippen LogP contribution in [0.15, 0.2) is 64.5 Å². The van der Waals surface area contributed by atoms with Crippen molar-refractivity contribution in [3.05, 3.63) is 60.5 Å². The van der Waals surface area contributed by atoms with Gasteiger partial charge in [0, 0.05) is 21.2 Å². The predicted octanol–water partition coefficient (Wildman–Crippen LogP) is 5.55. The molecule has 0 amide bonds. The molecule has 3 aromatic rings. The summed E-state index contributed by atoms with van der Waals surface area (Å²) in [6, 6.07) is 15.6. The monoisotopic (exact) mass is 372 g/mol. The summed E-state index contributed by atoms with van der Waals surface area (Å²) in [7, 11) is 0. The van der Waals surface area contributed by atoms with E-state index in [9.17, 15) is 4.39 Å². The SMILES string of the molecule is CSc1cccc(Nc2ncc(F)c(Nc3cccc(SC)c3)n2)c1. The van der Waals surface area contributed by atoms with Crippen LogP contribution >= 0.6 is 23.5 Å². The van der Waals surface area contributed by atoms with Gasteiger partial charge in [-0.1, -0.05) is 12.1 Å². The number of aromatic nitrogens is 2. The number of anilines is 4. The van der Waals surface area contributed by atoms with Crippen LogP contribution in [0.1, 0.15) is 0 Å². The molecule has 0 fully saturated rings. The molecular weight excluding hydrogens is 355 g/mol. The molecule has 128 valence electrons. The Morgan fingerprint density at radius 2 is 1.48 bits per heavy atom. The molecule has 0 aliphatic carbocycles. The highest BCUT2D eigenvalue weighted by Crippen LogP contribution is 2.25. The highest BCUT2D eigenvalue weighted by molar-refractivity contribution is 7.98. The zero-order valence-electron chi connectivity index (χ0n) is 13.8. The third-order valence-corrected chi connectivity index (χ3v) is 4.85. The summed E-state index contributed by atoms with van der Waals surface area (Å²) in [6.07, 6.45) is 5.17. The topological polar surface area (TPSA) is 49.8 Å². The lowest BCUT2D eigenvalue weighted by Gasteiger charge is -2.10. The summed E-state index contributed by atoms with van der Waals surface area (Å²) >= 11 is 3.27. The molecule has 0 unspecified atom stereocenters. The summed E-state index contributed by atoms with van der Waals surface area (Å²) in [4.78, 5) is 10.5. The van der Waals surface area contributed by atoms with Gasteiger partial charge in [0.2, 0.25) is 5.95 Å². The zero-order chi connectivity index (χ0) is 17.6. The van der Waals surface area contributed by atoms with Crippen LogP contribution in [0.25, 0.3) is 0 Å². The van der Waals surface area contributed by atoms with Crippen LogP contribution in [0.3, 0.4) is 0 Å². The number of thioether (sulfide) groups is 2. The standard InChI is InChI=1S/C18H17FN4S2/c1-24-14-7-3-5-12(9-14)21-17-16(19)11-20-18(23-17)22-13-6-4-8-15(10-13)25-2/h3-11H,1-2H3,(H2,20,21,22,23). The van der Waals surface area contributed by atoms with Crippen LogP contribution in [0.5, 0.6) is 0 Å². The Labute approximate surface area is 154 Å². The van der Waals surface area contributed by atoms with E-state index in [4.69, 9.17) is 0 Å². The average Bonchev–Trinajstić information content (AvgIpc) is 2.65. The van der Waals surface area contributed by atoms with Gasteiger partial charge >= 0.3 is 0 Å². The van der Waals surface area contributed by atoms with Gasteiger partial charge in [0.25, 0.3) is 0 Å². The Hall–Kier alpha value is -2.25. The molecule has 3 rings (SSSR count). The van der Waals surface area contributed by atoms with Crippen LogP contribution in [0.2, 0.25) is 0 Å². The molecule has 0 spiro atoms. The molecule has 1 heterocycles. The molecule has 0 saturated heterocycles. The van der Waals surface area contributed by atoms with Crippen LogP contribution in [-0.2, 0) is 0 Å². The highest BCUT2D eigenvalue weighted by atomic mass is 32.2. The minimum Gasteiger partial charge on any atom is -0.338 e. The van der Waals surface area contributed by atoms with Gasteiger partial charge in [-0.25, -0.2) is 9.37 Å². The molecule has 0 aliphatic rings. The second-order valence-electron chi connectivity index (χ2n) is 5.10. The maximum absolute atomic E-state index is 14.1. The van der Waals surface area contributed by atoms with Gasteiger partial charge in [-0.2, -0.15) is 4.98 Å². The highest BCUT2D eigenvalue weighted by Gasteiger charge is 2.08. The normalized spacial score (nSPS) is 10.5. The number of nitrogens with one attached hydrogen (secondary N) is 2. The maximum Gasteiger partial charge on any atom is 0.229 e. The summed E-state index contributed by atoms with van der Waals surface area (Å²) < 4.78 is 14.1. The largest absolute Gasteiger partial charge is 0.338 e. The number of rotatable bonds is 6. The smallest absolute Gasteiger partial charge is 0.229 e. The Kier molecular flexibility index (Phi) is 5.78. The first kappa shape index (κ1) is 17.6. The predicted molar refractivity (Wildman–Crippen MR) is 105 cm³/mol. The first-order chi connectivity index (χ1) is 12.2. The van der Waals surface area contributed by atoms with E-state index in [-0.39, 0.29) is 5.82 Å². The molecule has 0 atom stereocenters. The van der Waals surface area contributed by atoms with Crippen molar-refractivity contribution < 1.29 is 4.39 Å². The summed E-state index contributed by atoms with van der Waals surface area (Å²) in [5.41, 5.74) is 1.63. The van der Waals surface area contributed by atoms with Crippen molar-refractivity contribution in [3.8, 4) is 0 Å².